The van der Waals surface area contributed by atoms with Crippen molar-refractivity contribution in [1.82, 2.24) is 5.32 Å². The average Bonchev–Trinajstić information content (AvgIpc) is 2.18. The first-order valence-electron chi connectivity index (χ1n) is 5.28. The Morgan fingerprint density at radius 1 is 1.26 bits per heavy atom. The summed E-state index contributed by atoms with van der Waals surface area (Å²) >= 11 is 16.2. The highest BCUT2D eigenvalue weighted by Gasteiger charge is 2.28. The number of carbonyl (C=O) groups excluding carboxylic acids is 2. The number of alkyl carbamates (subject to hydrolysis) is 1. The van der Waals surface area contributed by atoms with E-state index in [1.807, 2.05) is 0 Å². The van der Waals surface area contributed by atoms with Crippen molar-refractivity contribution in [3.05, 3.63) is 0 Å². The summed E-state index contributed by atoms with van der Waals surface area (Å²) in [6.07, 6.45) is -0.864. The van der Waals surface area contributed by atoms with Crippen LogP contribution in [0.1, 0.15) is 20.8 Å². The number of hydrogen-bond donors (Lipinski definition) is 2. The highest BCUT2D eigenvalue weighted by atomic mass is 35.6. The van der Waals surface area contributed by atoms with E-state index in [1.165, 1.54) is 0 Å². The van der Waals surface area contributed by atoms with Gasteiger partial charge in [0.05, 0.1) is 6.61 Å². The number of aliphatic hydroxyl groups excluding tert-OH is 1. The second kappa shape index (κ2) is 7.38. The van der Waals surface area contributed by atoms with Gasteiger partial charge in [-0.3, -0.25) is 0 Å². The zero-order valence-corrected chi connectivity index (χ0v) is 13.0. The lowest BCUT2D eigenvalue weighted by Gasteiger charge is -2.22. The molecule has 0 heterocycles. The number of esters is 1. The van der Waals surface area contributed by atoms with Crippen LogP contribution < -0.4 is 5.32 Å². The summed E-state index contributed by atoms with van der Waals surface area (Å²) in [6.45, 7) is 3.80. The minimum atomic E-state index is -1.76. The van der Waals surface area contributed by atoms with Crippen molar-refractivity contribution in [2.24, 2.45) is 0 Å². The summed E-state index contributed by atoms with van der Waals surface area (Å²) in [4.78, 5) is 22.9. The number of aliphatic hydroxyl groups is 1. The van der Waals surface area contributed by atoms with Gasteiger partial charge in [0.15, 0.2) is 6.04 Å². The van der Waals surface area contributed by atoms with Crippen LogP contribution in [0.25, 0.3) is 0 Å². The Balaban J connectivity index is 4.34. The normalized spacial score (nSPS) is 13.6. The highest BCUT2D eigenvalue weighted by molar-refractivity contribution is 6.67. The van der Waals surface area contributed by atoms with E-state index in [0.717, 1.165) is 0 Å². The maximum atomic E-state index is 11.5. The van der Waals surface area contributed by atoms with Crippen molar-refractivity contribution in [2.75, 3.05) is 13.2 Å². The van der Waals surface area contributed by atoms with Crippen molar-refractivity contribution in [3.63, 3.8) is 0 Å². The molecule has 0 aliphatic carbocycles. The van der Waals surface area contributed by atoms with Gasteiger partial charge in [-0.05, 0) is 20.8 Å². The molecule has 0 aliphatic rings. The van der Waals surface area contributed by atoms with Gasteiger partial charge in [0.1, 0.15) is 12.2 Å². The van der Waals surface area contributed by atoms with E-state index in [9.17, 15) is 9.59 Å². The Hall–Kier alpha value is -0.430. The van der Waals surface area contributed by atoms with Crippen LogP contribution in [0.15, 0.2) is 0 Å². The van der Waals surface area contributed by atoms with Crippen molar-refractivity contribution < 1.29 is 24.2 Å². The van der Waals surface area contributed by atoms with Crippen LogP contribution in [0.4, 0.5) is 4.79 Å². The van der Waals surface area contributed by atoms with E-state index >= 15 is 0 Å². The number of ether oxygens (including phenoxy) is 2. The smallest absolute Gasteiger partial charge is 0.408 e. The third kappa shape index (κ3) is 10.1. The van der Waals surface area contributed by atoms with Crippen LogP contribution in [0.5, 0.6) is 0 Å². The summed E-state index contributed by atoms with van der Waals surface area (Å²) in [5.74, 6) is -0.931. The molecule has 2 N–H and O–H groups in total. The molecule has 19 heavy (non-hydrogen) atoms. The summed E-state index contributed by atoms with van der Waals surface area (Å²) < 4.78 is 7.78. The monoisotopic (exact) mass is 335 g/mol. The van der Waals surface area contributed by atoms with Gasteiger partial charge in [-0.25, -0.2) is 9.59 Å². The van der Waals surface area contributed by atoms with Gasteiger partial charge < -0.3 is 19.9 Å². The predicted octanol–water partition coefficient (Wildman–Crippen LogP) is 1.79. The minimum Gasteiger partial charge on any atom is -0.460 e. The van der Waals surface area contributed by atoms with Gasteiger partial charge in [0, 0.05) is 0 Å². The second-order valence-electron chi connectivity index (χ2n) is 4.60. The molecule has 0 saturated heterocycles. The van der Waals surface area contributed by atoms with Gasteiger partial charge in [0.2, 0.25) is 3.79 Å². The number of alkyl halides is 3. The van der Waals surface area contributed by atoms with Gasteiger partial charge in [-0.15, -0.1) is 0 Å². The molecule has 0 rings (SSSR count). The molecule has 0 radical (unpaired) electrons. The number of carbonyl (C=O) groups is 2. The Kier molecular flexibility index (Phi) is 7.21. The first-order chi connectivity index (χ1) is 8.44. The maximum absolute atomic E-state index is 11.5. The highest BCUT2D eigenvalue weighted by Crippen LogP contribution is 2.26. The molecule has 0 saturated carbocycles. The molecule has 9 heteroatoms. The lowest BCUT2D eigenvalue weighted by molar-refractivity contribution is -0.147. The van der Waals surface area contributed by atoms with Crippen molar-refractivity contribution >= 4 is 46.9 Å². The van der Waals surface area contributed by atoms with Gasteiger partial charge >= 0.3 is 12.1 Å². The first-order valence-corrected chi connectivity index (χ1v) is 6.42. The number of nitrogens with one attached hydrogen (secondary N) is 1. The average molecular weight is 337 g/mol. The fourth-order valence-electron chi connectivity index (χ4n) is 0.882. The van der Waals surface area contributed by atoms with Crippen molar-refractivity contribution in [3.8, 4) is 0 Å². The summed E-state index contributed by atoms with van der Waals surface area (Å²) in [5.41, 5.74) is -0.731. The molecule has 1 atom stereocenters. The topological polar surface area (TPSA) is 84.9 Å². The molecule has 112 valence electrons. The summed E-state index contributed by atoms with van der Waals surface area (Å²) in [7, 11) is 0. The molecule has 0 spiro atoms. The Morgan fingerprint density at radius 3 is 2.16 bits per heavy atom. The van der Waals surface area contributed by atoms with Gasteiger partial charge in [0.25, 0.3) is 0 Å². The van der Waals surface area contributed by atoms with E-state index in [1.54, 1.807) is 20.8 Å². The Bertz CT molecular complexity index is 324. The summed E-state index contributed by atoms with van der Waals surface area (Å²) in [5, 5.41) is 11.1. The third-order valence-electron chi connectivity index (χ3n) is 1.54. The van der Waals surface area contributed by atoms with Crippen LogP contribution in [-0.2, 0) is 14.3 Å². The van der Waals surface area contributed by atoms with E-state index < -0.39 is 40.7 Å². The standard InChI is InChI=1S/C10H16Cl3NO5/c1-9(2,3)19-8(17)14-6(4-15)7(16)18-5-10(11,12)13/h6,15H,4-5H2,1-3H3,(H,14,17). The number of halogens is 3. The predicted molar refractivity (Wildman–Crippen MR) is 71.5 cm³/mol. The van der Waals surface area contributed by atoms with Crippen LogP contribution >= 0.6 is 34.8 Å². The number of rotatable bonds is 4. The van der Waals surface area contributed by atoms with Crippen LogP contribution in [0.2, 0.25) is 0 Å². The molecule has 1 amide bonds. The van der Waals surface area contributed by atoms with Gasteiger partial charge in [-0.2, -0.15) is 0 Å². The third-order valence-corrected chi connectivity index (χ3v) is 1.86. The molecule has 1 unspecified atom stereocenters. The fraction of sp³-hybridized carbons (Fsp3) is 0.800. The molecule has 0 aliphatic heterocycles. The number of amides is 1. The molecule has 0 fully saturated rings. The molecule has 0 bridgehead atoms. The second-order valence-corrected chi connectivity index (χ2v) is 7.12. The lowest BCUT2D eigenvalue weighted by Crippen LogP contribution is -2.46. The zero-order chi connectivity index (χ0) is 15.3. The first kappa shape index (κ1) is 18.6. The molecule has 0 aromatic heterocycles. The van der Waals surface area contributed by atoms with Crippen molar-refractivity contribution in [1.29, 1.82) is 0 Å². The van der Waals surface area contributed by atoms with Crippen LogP contribution in [0.3, 0.4) is 0 Å². The fourth-order valence-corrected chi connectivity index (χ4v) is 1.05. The van der Waals surface area contributed by atoms with Crippen molar-refractivity contribution in [2.45, 2.75) is 36.2 Å². The molecule has 6 nitrogen and oxygen atoms in total. The molecular formula is C10H16Cl3NO5. The van der Waals surface area contributed by atoms with Crippen LogP contribution in [-0.4, -0.2) is 45.8 Å². The SMILES string of the molecule is CC(C)(C)OC(=O)NC(CO)C(=O)OCC(Cl)(Cl)Cl. The number of hydrogen-bond acceptors (Lipinski definition) is 5. The van der Waals surface area contributed by atoms with Crippen LogP contribution in [0, 0.1) is 0 Å². The van der Waals surface area contributed by atoms with E-state index in [-0.39, 0.29) is 0 Å². The zero-order valence-electron chi connectivity index (χ0n) is 10.7. The molecular weight excluding hydrogens is 320 g/mol. The Morgan fingerprint density at radius 2 is 1.79 bits per heavy atom. The van der Waals surface area contributed by atoms with E-state index in [4.69, 9.17) is 44.6 Å². The van der Waals surface area contributed by atoms with Gasteiger partial charge in [-0.1, -0.05) is 34.8 Å². The quantitative estimate of drug-likeness (QED) is 0.604. The molecule has 0 aromatic carbocycles. The van der Waals surface area contributed by atoms with E-state index in [0.29, 0.717) is 0 Å². The maximum Gasteiger partial charge on any atom is 0.408 e. The summed E-state index contributed by atoms with van der Waals surface area (Å²) in [6, 6.07) is -1.29. The van der Waals surface area contributed by atoms with E-state index in [2.05, 4.69) is 10.1 Å². The minimum absolute atomic E-state index is 0.497. The largest absolute Gasteiger partial charge is 0.460 e. The lowest BCUT2D eigenvalue weighted by atomic mass is 10.2. The Labute approximate surface area is 126 Å². The molecule has 0 aromatic rings.